The van der Waals surface area contributed by atoms with E-state index >= 15 is 0 Å². The summed E-state index contributed by atoms with van der Waals surface area (Å²) in [6, 6.07) is 18.6. The van der Waals surface area contributed by atoms with Crippen LogP contribution in [0.4, 0.5) is 0 Å². The van der Waals surface area contributed by atoms with Gasteiger partial charge >= 0.3 is 0 Å². The smallest absolute Gasteiger partial charge is 0.268 e. The van der Waals surface area contributed by atoms with Crippen molar-refractivity contribution in [2.24, 2.45) is 46.0 Å². The summed E-state index contributed by atoms with van der Waals surface area (Å²) in [5.74, 6) is 4.98. The van der Waals surface area contributed by atoms with Gasteiger partial charge in [0.05, 0.1) is 11.4 Å². The zero-order valence-electron chi connectivity index (χ0n) is 34.0. The molecule has 5 heterocycles. The molecule has 10 bridgehead atoms. The van der Waals surface area contributed by atoms with Crippen molar-refractivity contribution in [3.8, 4) is 23.3 Å². The molecule has 0 spiro atoms. The lowest BCUT2D eigenvalue weighted by Gasteiger charge is -2.42. The van der Waals surface area contributed by atoms with Crippen molar-refractivity contribution < 1.29 is 42.9 Å². The molecule has 0 aromatic heterocycles. The molecule has 10 rings (SSSR count). The highest BCUT2D eigenvalue weighted by atomic mass is 32.2. The average molecular weight is 840 g/mol. The van der Waals surface area contributed by atoms with Crippen LogP contribution < -0.4 is 16.2 Å². The number of hydrogen-bond acceptors (Lipinski definition) is 9. The molecule has 3 aromatic carbocycles. The maximum atomic E-state index is 14.1. The molecule has 320 valence electrons. The molecule has 5 aliphatic heterocycles. The Hall–Kier alpha value is -4.42. The number of nitrogens with two attached hydrogens (primary N) is 2. The molecular weight excluding hydrogens is 783 g/mol. The van der Waals surface area contributed by atoms with Crippen LogP contribution in [0.2, 0.25) is 0 Å². The Bertz CT molecular complexity index is 2300. The predicted octanol–water partition coefficient (Wildman–Crippen LogP) is 5.53. The number of aromatic hydroxyl groups is 1. The van der Waals surface area contributed by atoms with Gasteiger partial charge in [0.15, 0.2) is 5.96 Å². The van der Waals surface area contributed by atoms with Crippen LogP contribution in [0.3, 0.4) is 0 Å². The number of aliphatic imine (C=N–C) groups is 1. The van der Waals surface area contributed by atoms with Gasteiger partial charge in [-0.05, 0) is 127 Å². The standard InChI is InChI=1S/C47H57N3O9S/c1-27-5-6-32-20-37-12-14-39(32)41(27)23-43(60(55,56)57)42-22-34-18-33(21-38-17-28(25-52)3-2-4-31-19-36(54)11-13-40(31)45(34)58-38)44(42)30-7-9-35(10-8-30)47(59-37,50-46(48)49)24-29(26-53)15-16-51/h7-14,19-20,22,27-29,33,38,41-45,51-54H,3,5-6,15-18,21,23-26H2,1H3,(H4,48,49,50)(H,55,56,57). The van der Waals surface area contributed by atoms with Crippen LogP contribution in [0.25, 0.3) is 0 Å². The highest BCUT2D eigenvalue weighted by Gasteiger charge is 2.49. The largest absolute Gasteiger partial charge is 0.508 e. The second-order valence-electron chi connectivity index (χ2n) is 17.8. The number of rotatable bonds is 8. The molecule has 11 atom stereocenters. The summed E-state index contributed by atoms with van der Waals surface area (Å²) in [7, 11) is -4.65. The second kappa shape index (κ2) is 17.2. The summed E-state index contributed by atoms with van der Waals surface area (Å²) < 4.78 is 53.5. The van der Waals surface area contributed by atoms with Gasteiger partial charge in [0.1, 0.15) is 17.6 Å². The van der Waals surface area contributed by atoms with Gasteiger partial charge in [0, 0.05) is 55.3 Å². The van der Waals surface area contributed by atoms with Crippen molar-refractivity contribution in [2.45, 2.75) is 99.7 Å². The van der Waals surface area contributed by atoms with Crippen LogP contribution in [0.1, 0.15) is 110 Å². The SMILES string of the molecule is CC1CCc2cc3ccc2C1CC(S(=O)(=O)O)C1C=C2CC(CC4CC(CO)CC#Cc5cc(O)ccc5C2O4)C1c1ccc(cc1)C(CC(CO)CCO)(N=C(N)N)O3. The molecule has 0 radical (unpaired) electrons. The summed E-state index contributed by atoms with van der Waals surface area (Å²) in [6.07, 6.45) is 5.46. The monoisotopic (exact) mass is 839 g/mol. The quantitative estimate of drug-likeness (QED) is 0.0492. The van der Waals surface area contributed by atoms with E-state index in [4.69, 9.17) is 25.9 Å². The molecule has 2 aliphatic carbocycles. The van der Waals surface area contributed by atoms with Gasteiger partial charge in [0.25, 0.3) is 10.1 Å². The lowest BCUT2D eigenvalue weighted by Crippen LogP contribution is -2.40. The lowest BCUT2D eigenvalue weighted by atomic mass is 9.64. The van der Waals surface area contributed by atoms with E-state index in [1.54, 1.807) is 12.1 Å². The molecule has 11 unspecified atom stereocenters. The first-order chi connectivity index (χ1) is 28.8. The fourth-order valence-electron chi connectivity index (χ4n) is 11.0. The number of aryl methyl sites for hydroxylation is 1. The predicted molar refractivity (Wildman–Crippen MR) is 228 cm³/mol. The third-order valence-electron chi connectivity index (χ3n) is 13.9. The van der Waals surface area contributed by atoms with Crippen LogP contribution in [-0.4, -0.2) is 70.5 Å². The number of nitrogens with zero attached hydrogens (tertiary/aromatic N) is 1. The van der Waals surface area contributed by atoms with Crippen LogP contribution >= 0.6 is 0 Å². The summed E-state index contributed by atoms with van der Waals surface area (Å²) >= 11 is 0. The Kier molecular flexibility index (Phi) is 12.1. The first-order valence-electron chi connectivity index (χ1n) is 21.3. The van der Waals surface area contributed by atoms with Gasteiger partial charge in [-0.2, -0.15) is 8.42 Å². The molecule has 60 heavy (non-hydrogen) atoms. The molecule has 12 nitrogen and oxygen atoms in total. The van der Waals surface area contributed by atoms with E-state index in [1.807, 2.05) is 54.6 Å². The van der Waals surface area contributed by atoms with Crippen LogP contribution in [0.5, 0.6) is 11.5 Å². The van der Waals surface area contributed by atoms with Crippen molar-refractivity contribution in [3.05, 3.63) is 106 Å². The summed E-state index contributed by atoms with van der Waals surface area (Å²) in [6.45, 7) is 1.68. The molecule has 1 saturated heterocycles. The van der Waals surface area contributed by atoms with Gasteiger partial charge in [0.2, 0.25) is 5.72 Å². The summed E-state index contributed by atoms with van der Waals surface area (Å²) in [5.41, 5.74) is 16.6. The van der Waals surface area contributed by atoms with E-state index in [2.05, 4.69) is 18.8 Å². The molecule has 3 aromatic rings. The van der Waals surface area contributed by atoms with Crippen molar-refractivity contribution in [1.29, 1.82) is 0 Å². The maximum absolute atomic E-state index is 14.1. The third kappa shape index (κ3) is 8.43. The Morgan fingerprint density at radius 2 is 1.80 bits per heavy atom. The highest BCUT2D eigenvalue weighted by molar-refractivity contribution is 7.86. The van der Waals surface area contributed by atoms with Crippen LogP contribution in [0, 0.1) is 41.4 Å². The van der Waals surface area contributed by atoms with Gasteiger partial charge in [-0.1, -0.05) is 61.2 Å². The number of ether oxygens (including phenoxy) is 2. The second-order valence-corrected chi connectivity index (χ2v) is 19.5. The van der Waals surface area contributed by atoms with Crippen LogP contribution in [0.15, 0.2) is 77.3 Å². The molecule has 13 heteroatoms. The van der Waals surface area contributed by atoms with Crippen molar-refractivity contribution in [1.82, 2.24) is 0 Å². The molecule has 0 saturated carbocycles. The Morgan fingerprint density at radius 1 is 1.02 bits per heavy atom. The molecule has 7 aliphatic rings. The zero-order chi connectivity index (χ0) is 42.3. The van der Waals surface area contributed by atoms with Gasteiger partial charge in [-0.25, -0.2) is 4.99 Å². The number of allylic oxidation sites excluding steroid dienone is 1. The van der Waals surface area contributed by atoms with Crippen molar-refractivity contribution in [3.63, 3.8) is 0 Å². The van der Waals surface area contributed by atoms with E-state index in [-0.39, 0.29) is 80.1 Å². The number of benzene rings is 3. The summed E-state index contributed by atoms with van der Waals surface area (Å²) in [4.78, 5) is 4.74. The molecular formula is C47H57N3O9S. The molecule has 1 fully saturated rings. The first kappa shape index (κ1) is 42.3. The first-order valence-corrected chi connectivity index (χ1v) is 22.8. The minimum atomic E-state index is -4.65. The number of hydrogen-bond donors (Lipinski definition) is 7. The maximum Gasteiger partial charge on any atom is 0.268 e. The van der Waals surface area contributed by atoms with E-state index in [9.17, 15) is 33.4 Å². The van der Waals surface area contributed by atoms with Gasteiger partial charge in [-0.3, -0.25) is 4.55 Å². The number of aliphatic hydroxyl groups is 3. The fraction of sp³-hybridized carbons (Fsp3) is 0.511. The van der Waals surface area contributed by atoms with Crippen molar-refractivity contribution >= 4 is 16.1 Å². The zero-order valence-corrected chi connectivity index (χ0v) is 34.8. The average Bonchev–Trinajstić information content (AvgIpc) is 3.34. The number of aliphatic hydroxyl groups excluding tert-OH is 3. The number of phenols is 1. The Morgan fingerprint density at radius 3 is 2.52 bits per heavy atom. The minimum Gasteiger partial charge on any atom is -0.508 e. The Balaban J connectivity index is 1.36. The minimum absolute atomic E-state index is 0.0693. The summed E-state index contributed by atoms with van der Waals surface area (Å²) in [5, 5.41) is 40.2. The van der Waals surface area contributed by atoms with Gasteiger partial charge < -0.3 is 41.4 Å². The van der Waals surface area contributed by atoms with Crippen LogP contribution in [-0.2, 0) is 27.0 Å². The number of fused-ring (bicyclic) bond motifs is 9. The van der Waals surface area contributed by atoms with Crippen molar-refractivity contribution in [2.75, 3.05) is 19.8 Å². The highest BCUT2D eigenvalue weighted by Crippen LogP contribution is 2.55. The normalized spacial score (nSPS) is 31.3. The number of guanidine groups is 1. The number of phenolic OH excluding ortho intramolecular Hbond substituents is 1. The topological polar surface area (TPSA) is 218 Å². The third-order valence-corrected chi connectivity index (χ3v) is 15.2. The van der Waals surface area contributed by atoms with E-state index in [1.165, 1.54) is 0 Å². The molecule has 9 N–H and O–H groups in total. The molecule has 0 amide bonds. The van der Waals surface area contributed by atoms with E-state index in [0.29, 0.717) is 49.0 Å². The Labute approximate surface area is 352 Å². The van der Waals surface area contributed by atoms with E-state index in [0.717, 1.165) is 40.7 Å². The van der Waals surface area contributed by atoms with Gasteiger partial charge in [-0.15, -0.1) is 0 Å². The fourth-order valence-corrected chi connectivity index (χ4v) is 12.1. The van der Waals surface area contributed by atoms with E-state index < -0.39 is 39.0 Å². The lowest BCUT2D eigenvalue weighted by molar-refractivity contribution is -0.0131.